The molecule has 1 aliphatic heterocycles. The lowest BCUT2D eigenvalue weighted by molar-refractivity contribution is -0.140. The average molecular weight is 290 g/mol. The molecule has 1 amide bonds. The highest BCUT2D eigenvalue weighted by atomic mass is 32.2. The van der Waals surface area contributed by atoms with Crippen molar-refractivity contribution in [1.29, 1.82) is 0 Å². The molecule has 1 saturated heterocycles. The van der Waals surface area contributed by atoms with E-state index in [2.05, 4.69) is 17.2 Å². The summed E-state index contributed by atoms with van der Waals surface area (Å²) in [7, 11) is 0. The summed E-state index contributed by atoms with van der Waals surface area (Å²) < 4.78 is 0. The summed E-state index contributed by atoms with van der Waals surface area (Å²) in [6.07, 6.45) is 0. The molecule has 3 N–H and O–H groups in total. The number of thioether (sulfide) groups is 2. The van der Waals surface area contributed by atoms with Crippen LogP contribution in [0.2, 0.25) is 0 Å². The number of carboxylic acid groups (broad SMARTS) is 1. The van der Waals surface area contributed by atoms with E-state index < -0.39 is 17.9 Å². The van der Waals surface area contributed by atoms with E-state index in [9.17, 15) is 14.4 Å². The first kappa shape index (κ1) is 14.9. The number of nitrogens with one attached hydrogen (secondary N) is 2. The van der Waals surface area contributed by atoms with Gasteiger partial charge in [-0.3, -0.25) is 9.59 Å². The second-order valence-electron chi connectivity index (χ2n) is 3.65. The van der Waals surface area contributed by atoms with E-state index >= 15 is 0 Å². The number of hydrogen-bond donors (Lipinski definition) is 3. The maximum Gasteiger partial charge on any atom is 0.327 e. The van der Waals surface area contributed by atoms with Crippen molar-refractivity contribution >= 4 is 40.5 Å². The van der Waals surface area contributed by atoms with Gasteiger partial charge in [0.2, 0.25) is 11.0 Å². The number of aliphatic carboxylic acids is 1. The topological polar surface area (TPSA) is 95.5 Å². The quantitative estimate of drug-likeness (QED) is 0.656. The van der Waals surface area contributed by atoms with E-state index in [4.69, 9.17) is 5.11 Å². The van der Waals surface area contributed by atoms with Crippen LogP contribution in [0.15, 0.2) is 11.6 Å². The van der Waals surface area contributed by atoms with Crippen LogP contribution in [-0.2, 0) is 14.4 Å². The first-order valence-electron chi connectivity index (χ1n) is 5.15. The molecule has 0 radical (unpaired) electrons. The molecule has 0 aromatic heterocycles. The summed E-state index contributed by atoms with van der Waals surface area (Å²) in [5.41, 5.74) is 0. The summed E-state index contributed by atoms with van der Waals surface area (Å²) in [5.74, 6) is -0.965. The van der Waals surface area contributed by atoms with Gasteiger partial charge in [0.25, 0.3) is 0 Å². The fourth-order valence-electron chi connectivity index (χ4n) is 1.27. The molecule has 0 spiro atoms. The van der Waals surface area contributed by atoms with E-state index in [1.54, 1.807) is 0 Å². The van der Waals surface area contributed by atoms with E-state index in [1.165, 1.54) is 18.7 Å². The van der Waals surface area contributed by atoms with Crippen molar-refractivity contribution in [2.75, 3.05) is 11.5 Å². The third kappa shape index (κ3) is 4.61. The van der Waals surface area contributed by atoms with Crippen molar-refractivity contribution in [1.82, 2.24) is 10.6 Å². The molecule has 0 aliphatic carbocycles. The van der Waals surface area contributed by atoms with Crippen LogP contribution in [0.5, 0.6) is 0 Å². The third-order valence-corrected chi connectivity index (χ3v) is 4.15. The van der Waals surface area contributed by atoms with Crippen LogP contribution in [0, 0.1) is 0 Å². The molecular weight excluding hydrogens is 276 g/mol. The number of amides is 1. The van der Waals surface area contributed by atoms with Gasteiger partial charge in [-0.2, -0.15) is 0 Å². The number of hydrogen-bond acceptors (Lipinski definition) is 6. The van der Waals surface area contributed by atoms with Gasteiger partial charge in [-0.05, 0) is 0 Å². The van der Waals surface area contributed by atoms with Crippen LogP contribution in [0.1, 0.15) is 6.92 Å². The molecule has 1 heterocycles. The van der Waals surface area contributed by atoms with Crippen molar-refractivity contribution in [3.05, 3.63) is 11.6 Å². The zero-order valence-electron chi connectivity index (χ0n) is 9.76. The Bertz CT molecular complexity index is 386. The highest BCUT2D eigenvalue weighted by molar-refractivity contribution is 8.14. The van der Waals surface area contributed by atoms with Crippen LogP contribution in [0.3, 0.4) is 0 Å². The molecule has 100 valence electrons. The fourth-order valence-corrected chi connectivity index (χ4v) is 3.11. The first-order chi connectivity index (χ1) is 8.40. The van der Waals surface area contributed by atoms with Crippen LogP contribution in [0.4, 0.5) is 0 Å². The average Bonchev–Trinajstić information content (AvgIpc) is 2.69. The second-order valence-corrected chi connectivity index (χ2v) is 5.79. The van der Waals surface area contributed by atoms with Gasteiger partial charge >= 0.3 is 5.97 Å². The molecule has 0 bridgehead atoms. The molecule has 2 atom stereocenters. The number of rotatable bonds is 5. The molecule has 6 nitrogen and oxygen atoms in total. The van der Waals surface area contributed by atoms with Gasteiger partial charge in [0, 0.05) is 18.4 Å². The number of carbonyl (C=O) groups excluding carboxylic acids is 2. The van der Waals surface area contributed by atoms with Crippen LogP contribution >= 0.6 is 23.5 Å². The highest BCUT2D eigenvalue weighted by Gasteiger charge is 2.27. The lowest BCUT2D eigenvalue weighted by Gasteiger charge is -2.13. The molecule has 0 aromatic carbocycles. The van der Waals surface area contributed by atoms with Crippen molar-refractivity contribution in [3.63, 3.8) is 0 Å². The van der Waals surface area contributed by atoms with Gasteiger partial charge in [-0.1, -0.05) is 18.3 Å². The minimum absolute atomic E-state index is 0.0169. The molecule has 8 heteroatoms. The van der Waals surface area contributed by atoms with Crippen molar-refractivity contribution in [3.8, 4) is 0 Å². The molecule has 0 aromatic rings. The Morgan fingerprint density at radius 3 is 2.78 bits per heavy atom. The smallest absolute Gasteiger partial charge is 0.327 e. The van der Waals surface area contributed by atoms with Gasteiger partial charge in [-0.25, -0.2) is 4.79 Å². The monoisotopic (exact) mass is 290 g/mol. The third-order valence-electron chi connectivity index (χ3n) is 2.11. The minimum atomic E-state index is -1.15. The summed E-state index contributed by atoms with van der Waals surface area (Å²) in [6, 6.07) is -1.38. The molecular formula is C10H14N2O4S2. The standard InChI is InChI=1S/C10H14N2O4S2/c1-5(13)11-7(9(14)15)3-18-10(16)8-4-17-6(2)12-8/h7-8,12H,2-4H2,1H3,(H,11,13)(H,14,15)/t7-,8-/m0/s1. The van der Waals surface area contributed by atoms with Gasteiger partial charge in [0.15, 0.2) is 0 Å². The number of carbonyl (C=O) groups is 3. The molecule has 0 unspecified atom stereocenters. The van der Waals surface area contributed by atoms with Crippen LogP contribution in [-0.4, -0.2) is 45.7 Å². The SMILES string of the molecule is C=C1N[C@H](C(=O)SC[C@H](NC(C)=O)C(=O)O)CS1. The zero-order chi connectivity index (χ0) is 13.7. The van der Waals surface area contributed by atoms with Gasteiger partial charge in [-0.15, -0.1) is 11.8 Å². The second kappa shape index (κ2) is 6.69. The lowest BCUT2D eigenvalue weighted by atomic mass is 10.3. The molecule has 18 heavy (non-hydrogen) atoms. The van der Waals surface area contributed by atoms with Crippen molar-refractivity contribution in [2.45, 2.75) is 19.0 Å². The number of carboxylic acids is 1. The maximum absolute atomic E-state index is 11.7. The summed E-state index contributed by atoms with van der Waals surface area (Å²) in [6.45, 7) is 4.93. The Hall–Kier alpha value is -1.15. The van der Waals surface area contributed by atoms with E-state index in [0.29, 0.717) is 5.75 Å². The van der Waals surface area contributed by atoms with E-state index in [1.807, 2.05) is 0 Å². The Morgan fingerprint density at radius 2 is 2.33 bits per heavy atom. The van der Waals surface area contributed by atoms with Crippen molar-refractivity contribution in [2.24, 2.45) is 0 Å². The van der Waals surface area contributed by atoms with Crippen LogP contribution in [0.25, 0.3) is 0 Å². The summed E-state index contributed by atoms with van der Waals surface area (Å²) >= 11 is 2.36. The summed E-state index contributed by atoms with van der Waals surface area (Å²) in [4.78, 5) is 33.4. The van der Waals surface area contributed by atoms with E-state index in [0.717, 1.165) is 16.8 Å². The Labute approximate surface area is 113 Å². The first-order valence-corrected chi connectivity index (χ1v) is 7.12. The maximum atomic E-state index is 11.7. The molecule has 0 saturated carbocycles. The van der Waals surface area contributed by atoms with Gasteiger partial charge < -0.3 is 15.7 Å². The van der Waals surface area contributed by atoms with Crippen LogP contribution < -0.4 is 10.6 Å². The summed E-state index contributed by atoms with van der Waals surface area (Å²) in [5, 5.41) is 14.7. The highest BCUT2D eigenvalue weighted by Crippen LogP contribution is 2.23. The Morgan fingerprint density at radius 1 is 1.67 bits per heavy atom. The normalized spacial score (nSPS) is 20.1. The molecule has 1 rings (SSSR count). The lowest BCUT2D eigenvalue weighted by Crippen LogP contribution is -2.42. The Balaban J connectivity index is 2.42. The van der Waals surface area contributed by atoms with Crippen molar-refractivity contribution < 1.29 is 19.5 Å². The van der Waals surface area contributed by atoms with E-state index in [-0.39, 0.29) is 16.9 Å². The minimum Gasteiger partial charge on any atom is -0.480 e. The zero-order valence-corrected chi connectivity index (χ0v) is 11.4. The molecule has 1 fully saturated rings. The van der Waals surface area contributed by atoms with Gasteiger partial charge in [0.1, 0.15) is 12.1 Å². The molecule has 1 aliphatic rings. The fraction of sp³-hybridized carbons (Fsp3) is 0.500. The predicted octanol–water partition coefficient (Wildman–Crippen LogP) is 0.0117. The predicted molar refractivity (Wildman–Crippen MR) is 71.2 cm³/mol. The largest absolute Gasteiger partial charge is 0.480 e. The van der Waals surface area contributed by atoms with Gasteiger partial charge in [0.05, 0.1) is 5.03 Å². The Kier molecular flexibility index (Phi) is 5.54.